The van der Waals surface area contributed by atoms with Crippen LogP contribution in [0.1, 0.15) is 39.5 Å². The second-order valence-corrected chi connectivity index (χ2v) is 3.24. The second kappa shape index (κ2) is 4.24. The van der Waals surface area contributed by atoms with Gasteiger partial charge in [0.15, 0.2) is 5.78 Å². The van der Waals surface area contributed by atoms with Crippen molar-refractivity contribution in [2.45, 2.75) is 39.5 Å². The number of allylic oxidation sites excluding steroid dienone is 4. The molecule has 0 aromatic carbocycles. The fraction of sp³-hybridized carbons (Fsp3) is 0.545. The topological polar surface area (TPSA) is 17.1 Å². The second-order valence-electron chi connectivity index (χ2n) is 3.24. The molecule has 1 rings (SSSR count). The molecule has 0 bridgehead atoms. The summed E-state index contributed by atoms with van der Waals surface area (Å²) < 4.78 is 0. The first-order valence-electron chi connectivity index (χ1n) is 4.65. The van der Waals surface area contributed by atoms with E-state index in [1.807, 2.05) is 6.92 Å². The third kappa shape index (κ3) is 2.07. The molecule has 1 aliphatic carbocycles. The summed E-state index contributed by atoms with van der Waals surface area (Å²) in [6, 6.07) is 0. The van der Waals surface area contributed by atoms with E-state index >= 15 is 0 Å². The molecule has 0 spiro atoms. The van der Waals surface area contributed by atoms with Crippen molar-refractivity contribution in [2.24, 2.45) is 0 Å². The Bertz CT molecular complexity index is 233. The summed E-state index contributed by atoms with van der Waals surface area (Å²) >= 11 is 0. The lowest BCUT2D eigenvalue weighted by Gasteiger charge is -2.13. The van der Waals surface area contributed by atoms with Crippen LogP contribution >= 0.6 is 0 Å². The lowest BCUT2D eigenvalue weighted by atomic mass is 9.91. The predicted octanol–water partition coefficient (Wildman–Crippen LogP) is 3.02. The zero-order valence-corrected chi connectivity index (χ0v) is 7.89. The first-order valence-corrected chi connectivity index (χ1v) is 4.65. The Kier molecular flexibility index (Phi) is 3.27. The molecule has 0 radical (unpaired) electrons. The van der Waals surface area contributed by atoms with E-state index in [1.54, 1.807) is 0 Å². The molecule has 0 aliphatic heterocycles. The van der Waals surface area contributed by atoms with E-state index < -0.39 is 0 Å². The zero-order valence-electron chi connectivity index (χ0n) is 7.89. The third-order valence-electron chi connectivity index (χ3n) is 2.30. The molecule has 0 amide bonds. The van der Waals surface area contributed by atoms with E-state index in [0.717, 1.165) is 31.3 Å². The zero-order chi connectivity index (χ0) is 8.97. The summed E-state index contributed by atoms with van der Waals surface area (Å²) in [5.41, 5.74) is 2.22. The van der Waals surface area contributed by atoms with Gasteiger partial charge in [-0.1, -0.05) is 19.1 Å². The van der Waals surface area contributed by atoms with E-state index in [9.17, 15) is 4.79 Å². The Balaban J connectivity index is 2.78. The highest BCUT2D eigenvalue weighted by Crippen LogP contribution is 2.22. The Morgan fingerprint density at radius 3 is 2.83 bits per heavy atom. The maximum atomic E-state index is 11.3. The molecular formula is C11H16O. The van der Waals surface area contributed by atoms with Gasteiger partial charge in [-0.3, -0.25) is 4.79 Å². The standard InChI is InChI=1S/C11H16O/c1-3-4-6-10-7-5-8-11(12)9(10)2/h4,6H,3,5,7-8H2,1-2H3/b6-4+. The first kappa shape index (κ1) is 9.24. The van der Waals surface area contributed by atoms with E-state index in [4.69, 9.17) is 0 Å². The van der Waals surface area contributed by atoms with Crippen LogP contribution in [0.25, 0.3) is 0 Å². The lowest BCUT2D eigenvalue weighted by molar-refractivity contribution is -0.116. The van der Waals surface area contributed by atoms with Crippen LogP contribution in [0.3, 0.4) is 0 Å². The lowest BCUT2D eigenvalue weighted by Crippen LogP contribution is -2.07. The van der Waals surface area contributed by atoms with Crippen LogP contribution in [0.5, 0.6) is 0 Å². The van der Waals surface area contributed by atoms with Crippen LogP contribution in [0, 0.1) is 0 Å². The van der Waals surface area contributed by atoms with Gasteiger partial charge < -0.3 is 0 Å². The highest BCUT2D eigenvalue weighted by atomic mass is 16.1. The molecule has 0 atom stereocenters. The molecule has 0 unspecified atom stereocenters. The van der Waals surface area contributed by atoms with E-state index in [2.05, 4.69) is 19.1 Å². The quantitative estimate of drug-likeness (QED) is 0.613. The smallest absolute Gasteiger partial charge is 0.158 e. The van der Waals surface area contributed by atoms with Crippen LogP contribution in [-0.4, -0.2) is 5.78 Å². The minimum absolute atomic E-state index is 0.331. The fourth-order valence-corrected chi connectivity index (χ4v) is 1.46. The van der Waals surface area contributed by atoms with E-state index in [-0.39, 0.29) is 0 Å². The van der Waals surface area contributed by atoms with Gasteiger partial charge in [-0.25, -0.2) is 0 Å². The van der Waals surface area contributed by atoms with Crippen molar-refractivity contribution >= 4 is 5.78 Å². The monoisotopic (exact) mass is 164 g/mol. The number of carbonyl (C=O) groups excluding carboxylic acids is 1. The Morgan fingerprint density at radius 2 is 2.17 bits per heavy atom. The highest BCUT2D eigenvalue weighted by molar-refractivity contribution is 5.96. The number of carbonyl (C=O) groups is 1. The molecule has 12 heavy (non-hydrogen) atoms. The highest BCUT2D eigenvalue weighted by Gasteiger charge is 2.13. The van der Waals surface area contributed by atoms with Gasteiger partial charge in [0, 0.05) is 6.42 Å². The average molecular weight is 164 g/mol. The molecule has 0 saturated heterocycles. The van der Waals surface area contributed by atoms with Gasteiger partial charge in [0.25, 0.3) is 0 Å². The summed E-state index contributed by atoms with van der Waals surface area (Å²) in [6.07, 6.45) is 8.12. The number of hydrogen-bond acceptors (Lipinski definition) is 1. The van der Waals surface area contributed by atoms with Crippen molar-refractivity contribution < 1.29 is 4.79 Å². The molecule has 0 fully saturated rings. The van der Waals surface area contributed by atoms with Crippen LogP contribution in [0.15, 0.2) is 23.3 Å². The molecule has 1 heteroatoms. The molecule has 0 aromatic rings. The van der Waals surface area contributed by atoms with Crippen LogP contribution in [0.4, 0.5) is 0 Å². The molecule has 0 aromatic heterocycles. The van der Waals surface area contributed by atoms with E-state index in [1.165, 1.54) is 5.57 Å². The molecular weight excluding hydrogens is 148 g/mol. The van der Waals surface area contributed by atoms with Crippen LogP contribution in [0.2, 0.25) is 0 Å². The first-order chi connectivity index (χ1) is 5.75. The summed E-state index contributed by atoms with van der Waals surface area (Å²) in [6.45, 7) is 4.05. The van der Waals surface area contributed by atoms with Gasteiger partial charge in [-0.05, 0) is 37.3 Å². The average Bonchev–Trinajstić information content (AvgIpc) is 2.08. The molecule has 66 valence electrons. The number of rotatable bonds is 2. The van der Waals surface area contributed by atoms with Crippen LogP contribution < -0.4 is 0 Å². The Morgan fingerprint density at radius 1 is 1.42 bits per heavy atom. The summed E-state index contributed by atoms with van der Waals surface area (Å²) in [5.74, 6) is 0.331. The molecule has 0 heterocycles. The van der Waals surface area contributed by atoms with Crippen LogP contribution in [-0.2, 0) is 4.79 Å². The van der Waals surface area contributed by atoms with Gasteiger partial charge in [0.05, 0.1) is 0 Å². The van der Waals surface area contributed by atoms with Crippen molar-refractivity contribution in [2.75, 3.05) is 0 Å². The Hall–Kier alpha value is -0.850. The van der Waals surface area contributed by atoms with Gasteiger partial charge in [0.1, 0.15) is 0 Å². The summed E-state index contributed by atoms with van der Waals surface area (Å²) in [4.78, 5) is 11.3. The number of hydrogen-bond donors (Lipinski definition) is 0. The fourth-order valence-electron chi connectivity index (χ4n) is 1.46. The SMILES string of the molecule is CC/C=C/C1=C(C)C(=O)CCC1. The largest absolute Gasteiger partial charge is 0.295 e. The third-order valence-corrected chi connectivity index (χ3v) is 2.30. The van der Waals surface area contributed by atoms with Crippen molar-refractivity contribution in [1.29, 1.82) is 0 Å². The van der Waals surface area contributed by atoms with Gasteiger partial charge in [0.2, 0.25) is 0 Å². The normalized spacial score (nSPS) is 19.3. The molecule has 0 saturated carbocycles. The van der Waals surface area contributed by atoms with Crippen molar-refractivity contribution in [3.05, 3.63) is 23.3 Å². The predicted molar refractivity (Wildman–Crippen MR) is 51.0 cm³/mol. The minimum Gasteiger partial charge on any atom is -0.295 e. The summed E-state index contributed by atoms with van der Waals surface area (Å²) in [5, 5.41) is 0. The molecule has 1 aliphatic rings. The maximum absolute atomic E-state index is 11.3. The number of ketones is 1. The van der Waals surface area contributed by atoms with Gasteiger partial charge >= 0.3 is 0 Å². The number of Topliss-reactive ketones (excluding diaryl/α,β-unsaturated/α-hetero) is 1. The van der Waals surface area contributed by atoms with E-state index in [0.29, 0.717) is 5.78 Å². The molecule has 1 nitrogen and oxygen atoms in total. The Labute approximate surface area is 74.2 Å². The van der Waals surface area contributed by atoms with Crippen molar-refractivity contribution in [3.63, 3.8) is 0 Å². The molecule has 0 N–H and O–H groups in total. The summed E-state index contributed by atoms with van der Waals surface area (Å²) in [7, 11) is 0. The maximum Gasteiger partial charge on any atom is 0.158 e. The minimum atomic E-state index is 0.331. The van der Waals surface area contributed by atoms with Gasteiger partial charge in [-0.2, -0.15) is 0 Å². The van der Waals surface area contributed by atoms with Crippen molar-refractivity contribution in [1.82, 2.24) is 0 Å². The van der Waals surface area contributed by atoms with Crippen molar-refractivity contribution in [3.8, 4) is 0 Å². The van der Waals surface area contributed by atoms with Gasteiger partial charge in [-0.15, -0.1) is 0 Å².